The molecule has 0 spiro atoms. The second-order valence-electron chi connectivity index (χ2n) is 6.89. The van der Waals surface area contributed by atoms with Crippen molar-refractivity contribution in [3.05, 3.63) is 111 Å². The SMILES string of the molecule is O=C(NN=Cc1c(OC(=O)c2ccccc2Cl)ccc2ccccc12)c1ccc(Cl)cc1Cl. The van der Waals surface area contributed by atoms with Crippen molar-refractivity contribution in [1.82, 2.24) is 5.43 Å². The van der Waals surface area contributed by atoms with Crippen LogP contribution in [0.4, 0.5) is 0 Å². The summed E-state index contributed by atoms with van der Waals surface area (Å²) in [5, 5.41) is 6.65. The first-order valence-corrected chi connectivity index (χ1v) is 10.8. The highest BCUT2D eigenvalue weighted by molar-refractivity contribution is 6.36. The number of carbonyl (C=O) groups excluding carboxylic acids is 2. The number of hydrogen-bond donors (Lipinski definition) is 1. The van der Waals surface area contributed by atoms with Gasteiger partial charge in [-0.15, -0.1) is 0 Å². The van der Waals surface area contributed by atoms with Gasteiger partial charge in [0.1, 0.15) is 5.75 Å². The molecule has 0 saturated heterocycles. The van der Waals surface area contributed by atoms with Gasteiger partial charge >= 0.3 is 5.97 Å². The molecule has 0 aromatic heterocycles. The molecule has 5 nitrogen and oxygen atoms in total. The number of carbonyl (C=O) groups is 2. The zero-order valence-corrected chi connectivity index (χ0v) is 19.2. The third-order valence-corrected chi connectivity index (χ3v) is 5.64. The van der Waals surface area contributed by atoms with Gasteiger partial charge in [0, 0.05) is 10.6 Å². The Labute approximate surface area is 204 Å². The molecule has 0 fully saturated rings. The number of hydrazone groups is 1. The number of nitrogens with zero attached hydrogens (tertiary/aromatic N) is 1. The topological polar surface area (TPSA) is 67.8 Å². The molecule has 0 atom stereocenters. The van der Waals surface area contributed by atoms with E-state index in [1.807, 2.05) is 30.3 Å². The van der Waals surface area contributed by atoms with Crippen LogP contribution in [0.2, 0.25) is 15.1 Å². The van der Waals surface area contributed by atoms with Gasteiger partial charge in [0.05, 0.1) is 27.4 Å². The fourth-order valence-corrected chi connectivity index (χ4v) is 3.88. The fraction of sp³-hybridized carbons (Fsp3) is 0. The van der Waals surface area contributed by atoms with Crippen molar-refractivity contribution < 1.29 is 14.3 Å². The van der Waals surface area contributed by atoms with Gasteiger partial charge in [-0.25, -0.2) is 10.2 Å². The molecular formula is C25H15Cl3N2O3. The summed E-state index contributed by atoms with van der Waals surface area (Å²) in [7, 11) is 0. The molecule has 0 radical (unpaired) electrons. The second-order valence-corrected chi connectivity index (χ2v) is 8.14. The lowest BCUT2D eigenvalue weighted by molar-refractivity contribution is 0.0734. The third-order valence-electron chi connectivity index (χ3n) is 4.76. The molecule has 164 valence electrons. The Morgan fingerprint density at radius 3 is 2.36 bits per heavy atom. The highest BCUT2D eigenvalue weighted by atomic mass is 35.5. The minimum absolute atomic E-state index is 0.203. The number of amides is 1. The number of esters is 1. The van der Waals surface area contributed by atoms with Crippen LogP contribution in [0.5, 0.6) is 5.75 Å². The van der Waals surface area contributed by atoms with E-state index in [-0.39, 0.29) is 26.9 Å². The van der Waals surface area contributed by atoms with E-state index in [1.165, 1.54) is 18.3 Å². The van der Waals surface area contributed by atoms with Crippen molar-refractivity contribution in [2.24, 2.45) is 5.10 Å². The van der Waals surface area contributed by atoms with Crippen molar-refractivity contribution in [2.45, 2.75) is 0 Å². The first-order valence-electron chi connectivity index (χ1n) is 9.71. The molecule has 0 aliphatic rings. The Bertz CT molecular complexity index is 1400. The molecule has 1 N–H and O–H groups in total. The maximum atomic E-state index is 12.7. The van der Waals surface area contributed by atoms with Gasteiger partial charge < -0.3 is 4.74 Å². The van der Waals surface area contributed by atoms with E-state index in [9.17, 15) is 9.59 Å². The molecule has 0 heterocycles. The van der Waals surface area contributed by atoms with Crippen molar-refractivity contribution in [1.29, 1.82) is 0 Å². The van der Waals surface area contributed by atoms with Crippen molar-refractivity contribution in [3.8, 4) is 5.75 Å². The summed E-state index contributed by atoms with van der Waals surface area (Å²) in [6, 6.07) is 22.2. The zero-order chi connectivity index (χ0) is 23.4. The Balaban J connectivity index is 1.64. The number of hydrogen-bond acceptors (Lipinski definition) is 4. The fourth-order valence-electron chi connectivity index (χ4n) is 3.17. The second kappa shape index (κ2) is 10.0. The lowest BCUT2D eigenvalue weighted by atomic mass is 10.0. The normalized spacial score (nSPS) is 11.0. The lowest BCUT2D eigenvalue weighted by Crippen LogP contribution is -2.18. The molecule has 0 saturated carbocycles. The standard InChI is InChI=1S/C25H15Cl3N2O3/c26-16-10-11-18(22(28)13-16)24(31)30-29-14-20-17-6-2-1-5-15(17)9-12-23(20)33-25(32)19-7-3-4-8-21(19)27/h1-14H,(H,30,31). The predicted octanol–water partition coefficient (Wildman–Crippen LogP) is 6.78. The molecule has 4 aromatic rings. The van der Waals surface area contributed by atoms with Gasteiger partial charge in [-0.1, -0.05) is 77.3 Å². The summed E-state index contributed by atoms with van der Waals surface area (Å²) in [4.78, 5) is 25.2. The lowest BCUT2D eigenvalue weighted by Gasteiger charge is -2.11. The van der Waals surface area contributed by atoms with E-state index in [1.54, 1.807) is 36.4 Å². The first-order chi connectivity index (χ1) is 15.9. The van der Waals surface area contributed by atoms with Crippen molar-refractivity contribution in [2.75, 3.05) is 0 Å². The van der Waals surface area contributed by atoms with E-state index < -0.39 is 11.9 Å². The number of benzene rings is 4. The molecule has 4 rings (SSSR count). The van der Waals surface area contributed by atoms with Crippen molar-refractivity contribution in [3.63, 3.8) is 0 Å². The summed E-state index contributed by atoms with van der Waals surface area (Å²) in [5.74, 6) is -0.855. The van der Waals surface area contributed by atoms with Crippen LogP contribution in [0, 0.1) is 0 Å². The van der Waals surface area contributed by atoms with E-state index in [0.717, 1.165) is 10.8 Å². The molecule has 33 heavy (non-hydrogen) atoms. The van der Waals surface area contributed by atoms with Crippen LogP contribution in [0.25, 0.3) is 10.8 Å². The number of rotatable bonds is 5. The minimum Gasteiger partial charge on any atom is -0.422 e. The van der Waals surface area contributed by atoms with Crippen LogP contribution in [0.1, 0.15) is 26.3 Å². The Hall–Kier alpha value is -3.38. The molecule has 1 amide bonds. The smallest absolute Gasteiger partial charge is 0.345 e. The van der Waals surface area contributed by atoms with E-state index >= 15 is 0 Å². The largest absolute Gasteiger partial charge is 0.422 e. The summed E-state index contributed by atoms with van der Waals surface area (Å²) >= 11 is 18.1. The number of halogens is 3. The molecule has 0 unspecified atom stereocenters. The molecule has 0 aliphatic carbocycles. The Morgan fingerprint density at radius 2 is 1.58 bits per heavy atom. The highest BCUT2D eigenvalue weighted by Crippen LogP contribution is 2.28. The van der Waals surface area contributed by atoms with Crippen LogP contribution in [-0.2, 0) is 0 Å². The van der Waals surface area contributed by atoms with Crippen LogP contribution in [-0.4, -0.2) is 18.1 Å². The molecule has 0 aliphatic heterocycles. The first kappa shape index (κ1) is 22.8. The average molecular weight is 498 g/mol. The summed E-state index contributed by atoms with van der Waals surface area (Å²) in [6.07, 6.45) is 1.42. The van der Waals surface area contributed by atoms with Gasteiger partial charge in [0.25, 0.3) is 5.91 Å². The quantitative estimate of drug-likeness (QED) is 0.143. The minimum atomic E-state index is -0.609. The third kappa shape index (κ3) is 5.17. The molecule has 0 bridgehead atoms. The molecule has 4 aromatic carbocycles. The van der Waals surface area contributed by atoms with Crippen LogP contribution < -0.4 is 10.2 Å². The number of fused-ring (bicyclic) bond motifs is 1. The van der Waals surface area contributed by atoms with Gasteiger partial charge in [-0.3, -0.25) is 4.79 Å². The maximum absolute atomic E-state index is 12.7. The average Bonchev–Trinajstić information content (AvgIpc) is 2.80. The van der Waals surface area contributed by atoms with E-state index in [4.69, 9.17) is 39.5 Å². The van der Waals surface area contributed by atoms with Crippen LogP contribution in [0.15, 0.2) is 84.0 Å². The Morgan fingerprint density at radius 1 is 0.818 bits per heavy atom. The molecular weight excluding hydrogens is 483 g/mol. The number of nitrogens with one attached hydrogen (secondary N) is 1. The number of ether oxygens (including phenoxy) is 1. The van der Waals surface area contributed by atoms with Crippen LogP contribution in [0.3, 0.4) is 0 Å². The van der Waals surface area contributed by atoms with Gasteiger partial charge in [-0.2, -0.15) is 5.10 Å². The van der Waals surface area contributed by atoms with Gasteiger partial charge in [0.15, 0.2) is 0 Å². The summed E-state index contributed by atoms with van der Waals surface area (Å²) in [6.45, 7) is 0. The maximum Gasteiger partial charge on any atom is 0.345 e. The predicted molar refractivity (Wildman–Crippen MR) is 132 cm³/mol. The highest BCUT2D eigenvalue weighted by Gasteiger charge is 2.16. The van der Waals surface area contributed by atoms with E-state index in [2.05, 4.69) is 10.5 Å². The summed E-state index contributed by atoms with van der Waals surface area (Å²) in [5.41, 5.74) is 3.41. The van der Waals surface area contributed by atoms with Gasteiger partial charge in [-0.05, 0) is 47.2 Å². The molecule has 8 heteroatoms. The Kier molecular flexibility index (Phi) is 6.94. The van der Waals surface area contributed by atoms with Crippen LogP contribution >= 0.6 is 34.8 Å². The van der Waals surface area contributed by atoms with E-state index in [0.29, 0.717) is 10.6 Å². The van der Waals surface area contributed by atoms with Crippen molar-refractivity contribution >= 4 is 63.7 Å². The summed E-state index contributed by atoms with van der Waals surface area (Å²) < 4.78 is 5.63. The van der Waals surface area contributed by atoms with Gasteiger partial charge in [0.2, 0.25) is 0 Å². The zero-order valence-electron chi connectivity index (χ0n) is 16.9. The monoisotopic (exact) mass is 496 g/mol.